The summed E-state index contributed by atoms with van der Waals surface area (Å²) >= 11 is 0. The van der Waals surface area contributed by atoms with Gasteiger partial charge < -0.3 is 24.1 Å². The first-order valence-electron chi connectivity index (χ1n) is 7.62. The van der Waals surface area contributed by atoms with Gasteiger partial charge in [0.1, 0.15) is 12.4 Å². The Morgan fingerprint density at radius 1 is 1.22 bits per heavy atom. The molecule has 3 rings (SSSR count). The Labute approximate surface area is 135 Å². The summed E-state index contributed by atoms with van der Waals surface area (Å²) in [6.45, 7) is 2.57. The number of methoxy groups -OCH3 is 2. The molecule has 1 aliphatic heterocycles. The van der Waals surface area contributed by atoms with Gasteiger partial charge >= 0.3 is 0 Å². The number of rotatable bonds is 8. The highest BCUT2D eigenvalue weighted by Gasteiger charge is 2.39. The van der Waals surface area contributed by atoms with Crippen LogP contribution >= 0.6 is 0 Å². The monoisotopic (exact) mass is 318 g/mol. The third-order valence-electron chi connectivity index (χ3n) is 4.00. The first-order chi connectivity index (χ1) is 11.2. The van der Waals surface area contributed by atoms with E-state index in [4.69, 9.17) is 18.7 Å². The number of nitrogens with zero attached hydrogens (tertiary/aromatic N) is 1. The molecule has 124 valence electrons. The fourth-order valence-electron chi connectivity index (χ4n) is 2.64. The minimum Gasteiger partial charge on any atom is -0.497 e. The van der Waals surface area contributed by atoms with E-state index in [1.54, 1.807) is 14.2 Å². The van der Waals surface area contributed by atoms with Gasteiger partial charge in [-0.25, -0.2) is 0 Å². The lowest BCUT2D eigenvalue weighted by molar-refractivity contribution is -0.0755. The van der Waals surface area contributed by atoms with Crippen LogP contribution in [0, 0.1) is 0 Å². The maximum atomic E-state index is 5.42. The van der Waals surface area contributed by atoms with Crippen LogP contribution < -0.4 is 10.1 Å². The first-order valence-corrected chi connectivity index (χ1v) is 7.62. The molecule has 0 bridgehead atoms. The number of hydrogen-bond acceptors (Lipinski definition) is 6. The van der Waals surface area contributed by atoms with Crippen molar-refractivity contribution in [3.05, 3.63) is 47.3 Å². The van der Waals surface area contributed by atoms with Gasteiger partial charge in [0.25, 0.3) is 0 Å². The molecule has 6 heteroatoms. The average molecular weight is 318 g/mol. The lowest BCUT2D eigenvalue weighted by Crippen LogP contribution is -2.61. The minimum atomic E-state index is -0.0822. The van der Waals surface area contributed by atoms with Crippen LogP contribution in [-0.2, 0) is 29.0 Å². The predicted octanol–water partition coefficient (Wildman–Crippen LogP) is 1.93. The molecule has 0 atom stereocenters. The maximum absolute atomic E-state index is 5.42. The van der Waals surface area contributed by atoms with Crippen molar-refractivity contribution >= 4 is 0 Å². The van der Waals surface area contributed by atoms with Gasteiger partial charge in [-0.1, -0.05) is 17.3 Å². The number of nitrogens with one attached hydrogen (secondary N) is 1. The van der Waals surface area contributed by atoms with Crippen molar-refractivity contribution in [2.75, 3.05) is 27.4 Å². The number of ether oxygens (including phenoxy) is 3. The molecule has 1 saturated heterocycles. The van der Waals surface area contributed by atoms with Crippen molar-refractivity contribution in [3.63, 3.8) is 0 Å². The van der Waals surface area contributed by atoms with E-state index in [1.807, 2.05) is 18.2 Å². The summed E-state index contributed by atoms with van der Waals surface area (Å²) in [7, 11) is 3.31. The molecule has 0 unspecified atom stereocenters. The van der Waals surface area contributed by atoms with Crippen LogP contribution in [0.25, 0.3) is 0 Å². The van der Waals surface area contributed by atoms with Crippen LogP contribution in [-0.4, -0.2) is 38.1 Å². The summed E-state index contributed by atoms with van der Waals surface area (Å²) in [5, 5.41) is 7.71. The van der Waals surface area contributed by atoms with E-state index in [-0.39, 0.29) is 5.54 Å². The Kier molecular flexibility index (Phi) is 4.95. The third kappa shape index (κ3) is 3.90. The second-order valence-corrected chi connectivity index (χ2v) is 5.87. The Bertz CT molecular complexity index is 620. The van der Waals surface area contributed by atoms with E-state index in [2.05, 4.69) is 22.6 Å². The van der Waals surface area contributed by atoms with Crippen LogP contribution in [0.2, 0.25) is 0 Å². The Balaban J connectivity index is 1.59. The molecule has 1 aromatic carbocycles. The molecule has 1 aliphatic rings. The fourth-order valence-corrected chi connectivity index (χ4v) is 2.64. The summed E-state index contributed by atoms with van der Waals surface area (Å²) in [6, 6.07) is 10.0. The zero-order chi connectivity index (χ0) is 16.1. The van der Waals surface area contributed by atoms with Crippen molar-refractivity contribution in [2.45, 2.75) is 25.1 Å². The van der Waals surface area contributed by atoms with Crippen molar-refractivity contribution in [3.8, 4) is 5.75 Å². The lowest BCUT2D eigenvalue weighted by atomic mass is 9.91. The maximum Gasteiger partial charge on any atom is 0.162 e. The molecule has 2 heterocycles. The van der Waals surface area contributed by atoms with Gasteiger partial charge in [-0.05, 0) is 17.7 Å². The van der Waals surface area contributed by atoms with Crippen LogP contribution in [0.4, 0.5) is 0 Å². The fraction of sp³-hybridized carbons (Fsp3) is 0.471. The summed E-state index contributed by atoms with van der Waals surface area (Å²) in [5.74, 6) is 1.61. The topological polar surface area (TPSA) is 65.8 Å². The largest absolute Gasteiger partial charge is 0.497 e. The standard InChI is InChI=1S/C17H22N2O4/c1-20-10-16-7-14(19-23-16)8-17(11-22-12-17)18-9-13-3-5-15(21-2)6-4-13/h3-7,18H,8-12H2,1-2H3. The third-order valence-corrected chi connectivity index (χ3v) is 4.00. The first kappa shape index (κ1) is 16.0. The van der Waals surface area contributed by atoms with E-state index in [0.29, 0.717) is 19.8 Å². The van der Waals surface area contributed by atoms with Crippen LogP contribution in [0.1, 0.15) is 17.0 Å². The molecule has 0 radical (unpaired) electrons. The highest BCUT2D eigenvalue weighted by molar-refractivity contribution is 5.27. The van der Waals surface area contributed by atoms with E-state index in [0.717, 1.165) is 30.2 Å². The number of benzene rings is 1. The highest BCUT2D eigenvalue weighted by atomic mass is 16.5. The molecule has 23 heavy (non-hydrogen) atoms. The van der Waals surface area contributed by atoms with E-state index in [1.165, 1.54) is 5.56 Å². The van der Waals surface area contributed by atoms with Gasteiger partial charge in [-0.15, -0.1) is 0 Å². The zero-order valence-electron chi connectivity index (χ0n) is 13.5. The molecule has 6 nitrogen and oxygen atoms in total. The van der Waals surface area contributed by atoms with Gasteiger partial charge in [0.05, 0.1) is 31.6 Å². The van der Waals surface area contributed by atoms with Crippen molar-refractivity contribution < 1.29 is 18.7 Å². The molecular formula is C17H22N2O4. The molecule has 0 spiro atoms. The van der Waals surface area contributed by atoms with E-state index < -0.39 is 0 Å². The minimum absolute atomic E-state index is 0.0822. The molecular weight excluding hydrogens is 296 g/mol. The zero-order valence-corrected chi connectivity index (χ0v) is 13.5. The Morgan fingerprint density at radius 3 is 2.61 bits per heavy atom. The van der Waals surface area contributed by atoms with E-state index in [9.17, 15) is 0 Å². The van der Waals surface area contributed by atoms with Gasteiger partial charge in [0.15, 0.2) is 5.76 Å². The van der Waals surface area contributed by atoms with Crippen LogP contribution in [0.3, 0.4) is 0 Å². The van der Waals surface area contributed by atoms with Crippen molar-refractivity contribution in [1.29, 1.82) is 0 Å². The van der Waals surface area contributed by atoms with Crippen LogP contribution in [0.15, 0.2) is 34.9 Å². The highest BCUT2D eigenvalue weighted by Crippen LogP contribution is 2.23. The van der Waals surface area contributed by atoms with Crippen molar-refractivity contribution in [1.82, 2.24) is 10.5 Å². The van der Waals surface area contributed by atoms with Gasteiger partial charge in [-0.3, -0.25) is 0 Å². The molecule has 1 N–H and O–H groups in total. The number of aromatic nitrogens is 1. The Hall–Kier alpha value is -1.89. The normalized spacial score (nSPS) is 16.1. The summed E-state index contributed by atoms with van der Waals surface area (Å²) in [5.41, 5.74) is 2.04. The number of hydrogen-bond donors (Lipinski definition) is 1. The lowest BCUT2D eigenvalue weighted by Gasteiger charge is -2.42. The Morgan fingerprint density at radius 2 is 2.00 bits per heavy atom. The summed E-state index contributed by atoms with van der Waals surface area (Å²) in [6.07, 6.45) is 0.774. The quantitative estimate of drug-likeness (QED) is 0.802. The van der Waals surface area contributed by atoms with Gasteiger partial charge in [0.2, 0.25) is 0 Å². The van der Waals surface area contributed by atoms with Crippen LogP contribution in [0.5, 0.6) is 5.75 Å². The van der Waals surface area contributed by atoms with Gasteiger partial charge in [0, 0.05) is 26.1 Å². The molecule has 1 fully saturated rings. The smallest absolute Gasteiger partial charge is 0.162 e. The molecule has 1 aromatic heterocycles. The van der Waals surface area contributed by atoms with Gasteiger partial charge in [-0.2, -0.15) is 0 Å². The van der Waals surface area contributed by atoms with Crippen molar-refractivity contribution in [2.24, 2.45) is 0 Å². The predicted molar refractivity (Wildman–Crippen MR) is 84.3 cm³/mol. The SMILES string of the molecule is COCc1cc(CC2(NCc3ccc(OC)cc3)COC2)no1. The molecule has 2 aromatic rings. The second-order valence-electron chi connectivity index (χ2n) is 5.87. The molecule has 0 saturated carbocycles. The summed E-state index contributed by atoms with van der Waals surface area (Å²) in [4.78, 5) is 0. The molecule has 0 amide bonds. The molecule has 0 aliphatic carbocycles. The van der Waals surface area contributed by atoms with E-state index >= 15 is 0 Å². The summed E-state index contributed by atoms with van der Waals surface area (Å²) < 4.78 is 20.9. The average Bonchev–Trinajstić information content (AvgIpc) is 2.98. The second kappa shape index (κ2) is 7.12.